The predicted molar refractivity (Wildman–Crippen MR) is 97.0 cm³/mol. The maximum absolute atomic E-state index is 12.6. The van der Waals surface area contributed by atoms with E-state index in [4.69, 9.17) is 4.74 Å². The van der Waals surface area contributed by atoms with E-state index in [1.807, 2.05) is 24.3 Å². The van der Waals surface area contributed by atoms with Crippen LogP contribution in [-0.4, -0.2) is 36.2 Å². The van der Waals surface area contributed by atoms with Crippen LogP contribution in [0.4, 0.5) is 5.69 Å². The first kappa shape index (κ1) is 17.3. The number of carbonyl (C=O) groups excluding carboxylic acids is 2. The third-order valence-electron chi connectivity index (χ3n) is 3.90. The van der Waals surface area contributed by atoms with Crippen LogP contribution in [0.25, 0.3) is 0 Å². The Hall–Kier alpha value is -2.54. The van der Waals surface area contributed by atoms with Crippen LogP contribution < -0.4 is 15.4 Å². The van der Waals surface area contributed by atoms with E-state index in [2.05, 4.69) is 15.6 Å². The minimum absolute atomic E-state index is 0.138. The Bertz CT molecular complexity index is 767. The lowest BCUT2D eigenvalue weighted by Gasteiger charge is -2.25. The van der Waals surface area contributed by atoms with Crippen LogP contribution in [0, 0.1) is 0 Å². The molecule has 0 saturated carbocycles. The Kier molecular flexibility index (Phi) is 5.55. The fraction of sp³-hybridized carbons (Fsp3) is 0.278. The minimum atomic E-state index is -0.501. The van der Waals surface area contributed by atoms with E-state index < -0.39 is 5.92 Å². The number of fused-ring (bicyclic) bond motifs is 1. The molecule has 1 aliphatic rings. The van der Waals surface area contributed by atoms with Crippen LogP contribution in [0.1, 0.15) is 17.9 Å². The number of nitrogens with one attached hydrogen (secondary N) is 2. The van der Waals surface area contributed by atoms with Gasteiger partial charge in [0.25, 0.3) is 0 Å². The molecule has 0 saturated heterocycles. The summed E-state index contributed by atoms with van der Waals surface area (Å²) in [5.74, 6) is 0.580. The molecule has 7 heteroatoms. The lowest BCUT2D eigenvalue weighted by molar-refractivity contribution is -0.126. The molecule has 0 aliphatic carbocycles. The molecule has 0 bridgehead atoms. The zero-order valence-electron chi connectivity index (χ0n) is 13.8. The molecule has 1 aliphatic heterocycles. The first-order chi connectivity index (χ1) is 12.2. The van der Waals surface area contributed by atoms with Crippen molar-refractivity contribution in [1.82, 2.24) is 10.3 Å². The first-order valence-corrected chi connectivity index (χ1v) is 8.95. The molecule has 0 spiro atoms. The highest BCUT2D eigenvalue weighted by atomic mass is 32.2. The summed E-state index contributed by atoms with van der Waals surface area (Å²) in [6.45, 7) is 0.511. The molecule has 1 aromatic carbocycles. The topological polar surface area (TPSA) is 80.3 Å². The normalized spacial score (nSPS) is 15.9. The molecular weight excluding hydrogens is 338 g/mol. The highest BCUT2D eigenvalue weighted by molar-refractivity contribution is 7.99. The number of hydrogen-bond donors (Lipinski definition) is 2. The van der Waals surface area contributed by atoms with Crippen LogP contribution in [0.5, 0.6) is 5.75 Å². The fourth-order valence-electron chi connectivity index (χ4n) is 2.69. The van der Waals surface area contributed by atoms with Gasteiger partial charge in [-0.25, -0.2) is 4.98 Å². The summed E-state index contributed by atoms with van der Waals surface area (Å²) in [6, 6.07) is 11.1. The number of ether oxygens (including phenoxy) is 1. The number of anilines is 1. The average molecular weight is 357 g/mol. The van der Waals surface area contributed by atoms with Crippen molar-refractivity contribution in [3.63, 3.8) is 0 Å². The molecular formula is C18H19N3O3S. The standard InChI is InChI=1S/C18H19N3O3S/c1-24-12-5-6-15-13(10-12)14(11-16(22)21-15)18(23)20-8-9-25-17-4-2-3-7-19-17/h2-7,10,14H,8-9,11H2,1H3,(H,20,23)(H,21,22)/t14-/m1/s1. The van der Waals surface area contributed by atoms with E-state index in [1.165, 1.54) is 0 Å². The molecule has 130 valence electrons. The Balaban J connectivity index is 1.61. The lowest BCUT2D eigenvalue weighted by Crippen LogP contribution is -2.36. The summed E-state index contributed by atoms with van der Waals surface area (Å²) in [7, 11) is 1.58. The second kappa shape index (κ2) is 8.02. The van der Waals surface area contributed by atoms with Crippen LogP contribution in [0.15, 0.2) is 47.6 Å². The molecule has 2 heterocycles. The van der Waals surface area contributed by atoms with Gasteiger partial charge in [0, 0.05) is 30.6 Å². The van der Waals surface area contributed by atoms with Crippen molar-refractivity contribution < 1.29 is 14.3 Å². The van der Waals surface area contributed by atoms with Gasteiger partial charge in [0.05, 0.1) is 18.1 Å². The number of benzene rings is 1. The van der Waals surface area contributed by atoms with Crippen molar-refractivity contribution in [2.75, 3.05) is 24.7 Å². The second-order valence-corrected chi connectivity index (χ2v) is 6.68. The Morgan fingerprint density at radius 1 is 1.40 bits per heavy atom. The van der Waals surface area contributed by atoms with Gasteiger partial charge in [-0.05, 0) is 35.9 Å². The third-order valence-corrected chi connectivity index (χ3v) is 4.85. The number of hydrogen-bond acceptors (Lipinski definition) is 5. The largest absolute Gasteiger partial charge is 0.497 e. The molecule has 2 amide bonds. The number of rotatable bonds is 6. The molecule has 25 heavy (non-hydrogen) atoms. The Morgan fingerprint density at radius 3 is 3.04 bits per heavy atom. The number of amides is 2. The van der Waals surface area contributed by atoms with Crippen molar-refractivity contribution in [1.29, 1.82) is 0 Å². The summed E-state index contributed by atoms with van der Waals surface area (Å²) < 4.78 is 5.23. The van der Waals surface area contributed by atoms with E-state index in [9.17, 15) is 9.59 Å². The van der Waals surface area contributed by atoms with E-state index in [1.54, 1.807) is 37.2 Å². The number of thioether (sulfide) groups is 1. The van der Waals surface area contributed by atoms with Gasteiger partial charge in [0.15, 0.2) is 0 Å². The smallest absolute Gasteiger partial charge is 0.228 e. The predicted octanol–water partition coefficient (Wildman–Crippen LogP) is 2.42. The first-order valence-electron chi connectivity index (χ1n) is 7.96. The minimum Gasteiger partial charge on any atom is -0.497 e. The van der Waals surface area contributed by atoms with Crippen molar-refractivity contribution in [3.8, 4) is 5.75 Å². The summed E-state index contributed by atoms with van der Waals surface area (Å²) in [6.07, 6.45) is 1.88. The SMILES string of the molecule is COc1ccc2c(c1)[C@H](C(=O)NCCSc1ccccn1)CC(=O)N2. The highest BCUT2D eigenvalue weighted by Crippen LogP contribution is 2.35. The van der Waals surface area contributed by atoms with Gasteiger partial charge in [-0.2, -0.15) is 0 Å². The quantitative estimate of drug-likeness (QED) is 0.613. The number of methoxy groups -OCH3 is 1. The molecule has 1 atom stereocenters. The molecule has 3 rings (SSSR count). The average Bonchev–Trinajstić information content (AvgIpc) is 2.65. The summed E-state index contributed by atoms with van der Waals surface area (Å²) >= 11 is 1.58. The van der Waals surface area contributed by atoms with Crippen molar-refractivity contribution in [2.24, 2.45) is 0 Å². The number of aromatic nitrogens is 1. The van der Waals surface area contributed by atoms with E-state index >= 15 is 0 Å². The number of carbonyl (C=O) groups is 2. The summed E-state index contributed by atoms with van der Waals surface area (Å²) in [5, 5.41) is 6.63. The molecule has 0 fully saturated rings. The Labute approximate surface area is 150 Å². The summed E-state index contributed by atoms with van der Waals surface area (Å²) in [5.41, 5.74) is 1.45. The van der Waals surface area contributed by atoms with Crippen LogP contribution in [0.2, 0.25) is 0 Å². The van der Waals surface area contributed by atoms with Crippen molar-refractivity contribution in [3.05, 3.63) is 48.2 Å². The van der Waals surface area contributed by atoms with E-state index in [-0.39, 0.29) is 18.2 Å². The molecule has 1 aromatic heterocycles. The van der Waals surface area contributed by atoms with Crippen LogP contribution in [0.3, 0.4) is 0 Å². The van der Waals surface area contributed by atoms with Gasteiger partial charge in [0.2, 0.25) is 11.8 Å². The van der Waals surface area contributed by atoms with Crippen LogP contribution >= 0.6 is 11.8 Å². The van der Waals surface area contributed by atoms with Gasteiger partial charge < -0.3 is 15.4 Å². The Morgan fingerprint density at radius 2 is 2.28 bits per heavy atom. The van der Waals surface area contributed by atoms with Crippen LogP contribution in [-0.2, 0) is 9.59 Å². The zero-order valence-corrected chi connectivity index (χ0v) is 14.6. The highest BCUT2D eigenvalue weighted by Gasteiger charge is 2.30. The molecule has 0 unspecified atom stereocenters. The fourth-order valence-corrected chi connectivity index (χ4v) is 3.41. The second-order valence-electron chi connectivity index (χ2n) is 5.57. The molecule has 2 aromatic rings. The maximum atomic E-state index is 12.6. The molecule has 0 radical (unpaired) electrons. The van der Waals surface area contributed by atoms with Gasteiger partial charge in [-0.3, -0.25) is 9.59 Å². The molecule has 6 nitrogen and oxygen atoms in total. The molecule has 2 N–H and O–H groups in total. The number of pyridine rings is 1. The van der Waals surface area contributed by atoms with Gasteiger partial charge >= 0.3 is 0 Å². The van der Waals surface area contributed by atoms with Gasteiger partial charge in [0.1, 0.15) is 5.75 Å². The number of nitrogens with zero attached hydrogens (tertiary/aromatic N) is 1. The van der Waals surface area contributed by atoms with E-state index in [0.717, 1.165) is 10.6 Å². The van der Waals surface area contributed by atoms with Gasteiger partial charge in [-0.1, -0.05) is 6.07 Å². The third kappa shape index (κ3) is 4.30. The van der Waals surface area contributed by atoms with Crippen molar-refractivity contribution >= 4 is 29.3 Å². The summed E-state index contributed by atoms with van der Waals surface area (Å²) in [4.78, 5) is 28.7. The van der Waals surface area contributed by atoms with Crippen molar-refractivity contribution in [2.45, 2.75) is 17.4 Å². The van der Waals surface area contributed by atoms with Gasteiger partial charge in [-0.15, -0.1) is 11.8 Å². The van der Waals surface area contributed by atoms with E-state index in [0.29, 0.717) is 23.7 Å². The zero-order chi connectivity index (χ0) is 17.6. The lowest BCUT2D eigenvalue weighted by atomic mass is 9.89. The monoisotopic (exact) mass is 357 g/mol. The maximum Gasteiger partial charge on any atom is 0.228 e.